The second kappa shape index (κ2) is 2.72. The largest absolute Gasteiger partial charge is 0.260 e. The summed E-state index contributed by atoms with van der Waals surface area (Å²) < 4.78 is 0. The second-order valence-corrected chi connectivity index (χ2v) is 2.36. The van der Waals surface area contributed by atoms with Crippen LogP contribution in [0.3, 0.4) is 0 Å². The Labute approximate surface area is 65.0 Å². The third-order valence-corrected chi connectivity index (χ3v) is 1.45. The second-order valence-electron chi connectivity index (χ2n) is 1.95. The molecule has 1 aromatic rings. The minimum atomic E-state index is 0.535. The molecule has 0 radical (unpaired) electrons. The first-order chi connectivity index (χ1) is 4.74. The van der Waals surface area contributed by atoms with Gasteiger partial charge in [0.1, 0.15) is 0 Å². The minimum Gasteiger partial charge on any atom is -0.260 e. The van der Waals surface area contributed by atoms with Crippen molar-refractivity contribution in [2.24, 2.45) is 0 Å². The number of aromatic nitrogens is 1. The summed E-state index contributed by atoms with van der Waals surface area (Å²) >= 11 is 5.69. The lowest BCUT2D eigenvalue weighted by atomic mass is 10.2. The van der Waals surface area contributed by atoms with Crippen molar-refractivity contribution in [3.05, 3.63) is 28.5 Å². The Bertz CT molecular complexity index is 286. The van der Waals surface area contributed by atoms with E-state index >= 15 is 0 Å². The lowest BCUT2D eigenvalue weighted by Gasteiger charge is -1.94. The van der Waals surface area contributed by atoms with E-state index in [9.17, 15) is 0 Å². The van der Waals surface area contributed by atoms with Gasteiger partial charge >= 0.3 is 0 Å². The Morgan fingerprint density at radius 2 is 2.40 bits per heavy atom. The molecule has 0 atom stereocenters. The van der Waals surface area contributed by atoms with Crippen LogP contribution in [0, 0.1) is 19.3 Å². The zero-order valence-electron chi connectivity index (χ0n) is 5.56. The number of terminal acetylenes is 1. The normalized spacial score (nSPS) is 8.90. The van der Waals surface area contributed by atoms with E-state index in [0.717, 1.165) is 5.69 Å². The molecule has 1 rings (SSSR count). The molecule has 0 spiro atoms. The summed E-state index contributed by atoms with van der Waals surface area (Å²) in [4.78, 5) is 3.96. The fourth-order valence-electron chi connectivity index (χ4n) is 0.654. The molecular weight excluding hydrogens is 146 g/mol. The molecule has 0 N–H and O–H groups in total. The summed E-state index contributed by atoms with van der Waals surface area (Å²) in [5, 5.41) is 0.535. The first-order valence-electron chi connectivity index (χ1n) is 2.83. The first kappa shape index (κ1) is 7.11. The topological polar surface area (TPSA) is 12.9 Å². The molecule has 1 nitrogen and oxygen atoms in total. The van der Waals surface area contributed by atoms with Gasteiger partial charge in [-0.15, -0.1) is 6.42 Å². The average molecular weight is 152 g/mol. The molecule has 0 aliphatic carbocycles. The fourth-order valence-corrected chi connectivity index (χ4v) is 0.812. The molecule has 0 aliphatic heterocycles. The van der Waals surface area contributed by atoms with E-state index < -0.39 is 0 Å². The van der Waals surface area contributed by atoms with E-state index in [0.29, 0.717) is 10.6 Å². The van der Waals surface area contributed by atoms with Crippen LogP contribution in [0.1, 0.15) is 11.3 Å². The smallest absolute Gasteiger partial charge is 0.0745 e. The van der Waals surface area contributed by atoms with Crippen LogP contribution in [0.5, 0.6) is 0 Å². The van der Waals surface area contributed by atoms with Crippen molar-refractivity contribution in [3.8, 4) is 12.3 Å². The number of nitrogens with zero attached hydrogens (tertiary/aromatic N) is 1. The number of halogens is 1. The van der Waals surface area contributed by atoms with Crippen molar-refractivity contribution in [1.29, 1.82) is 0 Å². The van der Waals surface area contributed by atoms with Gasteiger partial charge < -0.3 is 0 Å². The van der Waals surface area contributed by atoms with Crippen molar-refractivity contribution in [3.63, 3.8) is 0 Å². The van der Waals surface area contributed by atoms with E-state index in [-0.39, 0.29) is 0 Å². The van der Waals surface area contributed by atoms with Crippen LogP contribution in [0.15, 0.2) is 12.3 Å². The molecule has 0 aliphatic rings. The third-order valence-electron chi connectivity index (χ3n) is 1.15. The van der Waals surface area contributed by atoms with Gasteiger partial charge in [-0.3, -0.25) is 4.98 Å². The summed E-state index contributed by atoms with van der Waals surface area (Å²) in [6, 6.07) is 1.78. The molecular formula is C8H6ClN. The van der Waals surface area contributed by atoms with Crippen molar-refractivity contribution < 1.29 is 0 Å². The SMILES string of the molecule is C#Cc1cc(C)ncc1Cl. The fraction of sp³-hybridized carbons (Fsp3) is 0.125. The highest BCUT2D eigenvalue weighted by Gasteiger charge is 1.95. The molecule has 0 fully saturated rings. The molecule has 1 heterocycles. The number of aryl methyl sites for hydroxylation is 1. The van der Waals surface area contributed by atoms with Crippen LogP contribution in [0.4, 0.5) is 0 Å². The lowest BCUT2D eigenvalue weighted by molar-refractivity contribution is 1.19. The van der Waals surface area contributed by atoms with Crippen LogP contribution in [0.2, 0.25) is 5.02 Å². The average Bonchev–Trinajstić information content (AvgIpc) is 1.94. The summed E-state index contributed by atoms with van der Waals surface area (Å²) in [6.07, 6.45) is 6.72. The lowest BCUT2D eigenvalue weighted by Crippen LogP contribution is -1.83. The van der Waals surface area contributed by atoms with Crippen molar-refractivity contribution in [2.75, 3.05) is 0 Å². The van der Waals surface area contributed by atoms with Crippen LogP contribution in [0.25, 0.3) is 0 Å². The highest BCUT2D eigenvalue weighted by atomic mass is 35.5. The van der Waals surface area contributed by atoms with Gasteiger partial charge in [-0.05, 0) is 13.0 Å². The quantitative estimate of drug-likeness (QED) is 0.517. The maximum Gasteiger partial charge on any atom is 0.0745 e. The van der Waals surface area contributed by atoms with Gasteiger partial charge in [-0.2, -0.15) is 0 Å². The maximum atomic E-state index is 5.69. The molecule has 0 saturated heterocycles. The Morgan fingerprint density at radius 1 is 1.70 bits per heavy atom. The van der Waals surface area contributed by atoms with Gasteiger partial charge in [0, 0.05) is 17.5 Å². The molecule has 1 aromatic heterocycles. The molecule has 2 heteroatoms. The van der Waals surface area contributed by atoms with E-state index in [2.05, 4.69) is 10.9 Å². The van der Waals surface area contributed by atoms with Crippen LogP contribution < -0.4 is 0 Å². The Kier molecular flexibility index (Phi) is 1.94. The van der Waals surface area contributed by atoms with Crippen LogP contribution in [-0.2, 0) is 0 Å². The van der Waals surface area contributed by atoms with Crippen LogP contribution >= 0.6 is 11.6 Å². The summed E-state index contributed by atoms with van der Waals surface area (Å²) in [5.41, 5.74) is 1.59. The standard InChI is InChI=1S/C8H6ClN/c1-3-7-4-6(2)10-5-8(7)9/h1,4-5H,2H3. The van der Waals surface area contributed by atoms with Gasteiger partial charge in [0.05, 0.1) is 5.02 Å². The van der Waals surface area contributed by atoms with Gasteiger partial charge in [0.15, 0.2) is 0 Å². The van der Waals surface area contributed by atoms with Gasteiger partial charge in [0.25, 0.3) is 0 Å². The molecule has 0 bridgehead atoms. The first-order valence-corrected chi connectivity index (χ1v) is 3.20. The van der Waals surface area contributed by atoms with Crippen molar-refractivity contribution in [1.82, 2.24) is 4.98 Å². The third kappa shape index (κ3) is 1.29. The highest BCUT2D eigenvalue weighted by Crippen LogP contribution is 2.12. The predicted molar refractivity (Wildman–Crippen MR) is 41.9 cm³/mol. The Hall–Kier alpha value is -1.00. The van der Waals surface area contributed by atoms with Crippen molar-refractivity contribution >= 4 is 11.6 Å². The number of pyridine rings is 1. The van der Waals surface area contributed by atoms with E-state index in [1.54, 1.807) is 12.3 Å². The molecule has 50 valence electrons. The zero-order valence-corrected chi connectivity index (χ0v) is 6.31. The van der Waals surface area contributed by atoms with Crippen LogP contribution in [-0.4, -0.2) is 4.98 Å². The summed E-state index contributed by atoms with van der Waals surface area (Å²) in [6.45, 7) is 1.87. The number of hydrogen-bond acceptors (Lipinski definition) is 1. The molecule has 0 amide bonds. The van der Waals surface area contributed by atoms with Gasteiger partial charge in [-0.25, -0.2) is 0 Å². The monoisotopic (exact) mass is 151 g/mol. The number of hydrogen-bond donors (Lipinski definition) is 0. The highest BCUT2D eigenvalue weighted by molar-refractivity contribution is 6.31. The van der Waals surface area contributed by atoms with E-state index in [1.807, 2.05) is 6.92 Å². The van der Waals surface area contributed by atoms with E-state index in [1.165, 1.54) is 0 Å². The summed E-state index contributed by atoms with van der Waals surface area (Å²) in [7, 11) is 0. The molecule has 0 saturated carbocycles. The zero-order chi connectivity index (χ0) is 7.56. The number of rotatable bonds is 0. The Morgan fingerprint density at radius 3 is 2.90 bits per heavy atom. The molecule has 0 aromatic carbocycles. The van der Waals surface area contributed by atoms with Gasteiger partial charge in [0.2, 0.25) is 0 Å². The molecule has 0 unspecified atom stereocenters. The predicted octanol–water partition coefficient (Wildman–Crippen LogP) is 2.02. The van der Waals surface area contributed by atoms with Crippen molar-refractivity contribution in [2.45, 2.75) is 6.92 Å². The van der Waals surface area contributed by atoms with E-state index in [4.69, 9.17) is 18.0 Å². The minimum absolute atomic E-state index is 0.535. The molecule has 10 heavy (non-hydrogen) atoms. The van der Waals surface area contributed by atoms with Gasteiger partial charge in [-0.1, -0.05) is 17.5 Å². The maximum absolute atomic E-state index is 5.69. The Balaban J connectivity index is 3.25. The summed E-state index contributed by atoms with van der Waals surface area (Å²) in [5.74, 6) is 2.46.